The van der Waals surface area contributed by atoms with Crippen molar-refractivity contribution in [3.63, 3.8) is 0 Å². The van der Waals surface area contributed by atoms with Gasteiger partial charge in [0.1, 0.15) is 4.90 Å². The second kappa shape index (κ2) is 9.41. The van der Waals surface area contributed by atoms with Crippen LogP contribution in [0.25, 0.3) is 0 Å². The molecule has 0 radical (unpaired) electrons. The summed E-state index contributed by atoms with van der Waals surface area (Å²) in [5.41, 5.74) is 1.85. The Balaban J connectivity index is 1.79. The lowest BCUT2D eigenvalue weighted by molar-refractivity contribution is 0.415. The molecule has 28 heavy (non-hydrogen) atoms. The molecule has 1 aliphatic rings. The first-order chi connectivity index (χ1) is 13.3. The summed E-state index contributed by atoms with van der Waals surface area (Å²) in [6.07, 6.45) is 5.85. The van der Waals surface area contributed by atoms with Gasteiger partial charge in [-0.2, -0.15) is 0 Å². The minimum Gasteiger partial charge on any atom is -0.360 e. The van der Waals surface area contributed by atoms with E-state index in [2.05, 4.69) is 37.9 Å². The van der Waals surface area contributed by atoms with E-state index in [-0.39, 0.29) is 4.90 Å². The molecule has 0 unspecified atom stereocenters. The molecule has 3 N–H and O–H groups in total. The first kappa shape index (κ1) is 21.3. The van der Waals surface area contributed by atoms with Crippen LogP contribution in [0.4, 0.5) is 11.4 Å². The summed E-state index contributed by atoms with van der Waals surface area (Å²) in [5.74, 6) is 0. The monoisotopic (exact) mass is 529 g/mol. The Morgan fingerprint density at radius 2 is 1.75 bits per heavy atom. The summed E-state index contributed by atoms with van der Waals surface area (Å²) in [6.45, 7) is 1.87. The molecule has 0 spiro atoms. The van der Waals surface area contributed by atoms with Crippen LogP contribution in [0.15, 0.2) is 47.4 Å². The van der Waals surface area contributed by atoms with Crippen LogP contribution in [0.3, 0.4) is 0 Å². The molecule has 2 aromatic rings. The van der Waals surface area contributed by atoms with Crippen LogP contribution in [0.2, 0.25) is 0 Å². The molecule has 1 aliphatic carbocycles. The van der Waals surface area contributed by atoms with Gasteiger partial charge < -0.3 is 10.6 Å². The maximum Gasteiger partial charge on any atom is 0.263 e. The first-order valence-electron chi connectivity index (χ1n) is 9.30. The number of anilines is 2. The number of nitrogens with one attached hydrogen (secondary N) is 3. The lowest BCUT2D eigenvalue weighted by Crippen LogP contribution is -2.39. The SMILES string of the molecule is Cc1ccc(NC(=S)NC2CCCCC2)c(S(=O)(=O)Nc2ccc(I)cc2)c1. The van der Waals surface area contributed by atoms with E-state index in [9.17, 15) is 8.42 Å². The van der Waals surface area contributed by atoms with Crippen LogP contribution in [-0.2, 0) is 10.0 Å². The number of hydrogen-bond acceptors (Lipinski definition) is 3. The maximum absolute atomic E-state index is 13.0. The van der Waals surface area contributed by atoms with Gasteiger partial charge in [-0.25, -0.2) is 8.42 Å². The van der Waals surface area contributed by atoms with Gasteiger partial charge in [0, 0.05) is 15.3 Å². The zero-order chi connectivity index (χ0) is 20.1. The average Bonchev–Trinajstić information content (AvgIpc) is 2.65. The summed E-state index contributed by atoms with van der Waals surface area (Å²) >= 11 is 7.62. The van der Waals surface area contributed by atoms with Gasteiger partial charge in [0.25, 0.3) is 10.0 Å². The average molecular weight is 529 g/mol. The van der Waals surface area contributed by atoms with E-state index in [4.69, 9.17) is 12.2 Å². The van der Waals surface area contributed by atoms with Crippen LogP contribution >= 0.6 is 34.8 Å². The molecule has 1 fully saturated rings. The zero-order valence-corrected chi connectivity index (χ0v) is 19.5. The molecule has 0 aromatic heterocycles. The minimum atomic E-state index is -3.76. The molecular weight excluding hydrogens is 505 g/mol. The third kappa shape index (κ3) is 5.81. The predicted molar refractivity (Wildman–Crippen MR) is 127 cm³/mol. The van der Waals surface area contributed by atoms with Gasteiger partial charge in [0.05, 0.1) is 5.69 Å². The first-order valence-corrected chi connectivity index (χ1v) is 12.3. The molecular formula is C20H24IN3O2S2. The quantitative estimate of drug-likeness (QED) is 0.375. The molecule has 0 saturated heterocycles. The van der Waals surface area contributed by atoms with Gasteiger partial charge in [-0.1, -0.05) is 25.3 Å². The van der Waals surface area contributed by atoms with E-state index in [1.807, 2.05) is 25.1 Å². The molecule has 2 aromatic carbocycles. The number of sulfonamides is 1. The van der Waals surface area contributed by atoms with Crippen molar-refractivity contribution in [2.45, 2.75) is 50.0 Å². The number of halogens is 1. The number of rotatable bonds is 5. The fourth-order valence-electron chi connectivity index (χ4n) is 3.27. The van der Waals surface area contributed by atoms with E-state index in [1.54, 1.807) is 24.3 Å². The van der Waals surface area contributed by atoms with Crippen molar-refractivity contribution in [3.8, 4) is 0 Å². The summed E-state index contributed by atoms with van der Waals surface area (Å²) in [5, 5.41) is 6.87. The Labute approximate surface area is 185 Å². The summed E-state index contributed by atoms with van der Waals surface area (Å²) in [4.78, 5) is 0.179. The lowest BCUT2D eigenvalue weighted by atomic mass is 9.96. The van der Waals surface area contributed by atoms with Gasteiger partial charge in [-0.05, 0) is 96.5 Å². The van der Waals surface area contributed by atoms with E-state index < -0.39 is 10.0 Å². The van der Waals surface area contributed by atoms with Crippen LogP contribution in [0, 0.1) is 10.5 Å². The third-order valence-corrected chi connectivity index (χ3v) is 7.07. The van der Waals surface area contributed by atoms with Crippen LogP contribution < -0.4 is 15.4 Å². The van der Waals surface area contributed by atoms with Crippen LogP contribution in [0.5, 0.6) is 0 Å². The molecule has 8 heteroatoms. The fraction of sp³-hybridized carbons (Fsp3) is 0.350. The molecule has 3 rings (SSSR count). The number of thiocarbonyl (C=S) groups is 1. The molecule has 0 bridgehead atoms. The standard InChI is InChI=1S/C20H24IN3O2S2/c1-14-7-12-18(23-20(27)22-16-5-3-2-4-6-16)19(13-14)28(25,26)24-17-10-8-15(21)9-11-17/h7-13,16,24H,2-6H2,1H3,(H2,22,23,27). The van der Waals surface area contributed by atoms with E-state index in [1.165, 1.54) is 19.3 Å². The number of benzene rings is 2. The van der Waals surface area contributed by atoms with Crippen LogP contribution in [-0.4, -0.2) is 19.6 Å². The lowest BCUT2D eigenvalue weighted by Gasteiger charge is -2.25. The summed E-state index contributed by atoms with van der Waals surface area (Å²) in [6, 6.07) is 12.8. The van der Waals surface area contributed by atoms with Crippen molar-refractivity contribution in [2.75, 3.05) is 10.0 Å². The largest absolute Gasteiger partial charge is 0.360 e. The van der Waals surface area contributed by atoms with Gasteiger partial charge in [-0.3, -0.25) is 4.72 Å². The van der Waals surface area contributed by atoms with Gasteiger partial charge in [0.15, 0.2) is 5.11 Å². The Kier molecular flexibility index (Phi) is 7.16. The fourth-order valence-corrected chi connectivity index (χ4v) is 5.22. The highest BCUT2D eigenvalue weighted by Gasteiger charge is 2.21. The summed E-state index contributed by atoms with van der Waals surface area (Å²) in [7, 11) is -3.76. The van der Waals surface area contributed by atoms with E-state index in [0.29, 0.717) is 22.5 Å². The van der Waals surface area contributed by atoms with Crippen molar-refractivity contribution < 1.29 is 8.42 Å². The topological polar surface area (TPSA) is 70.2 Å². The highest BCUT2D eigenvalue weighted by molar-refractivity contribution is 14.1. The summed E-state index contributed by atoms with van der Waals surface area (Å²) < 4.78 is 29.7. The number of hydrogen-bond donors (Lipinski definition) is 3. The van der Waals surface area contributed by atoms with Crippen molar-refractivity contribution in [2.24, 2.45) is 0 Å². The number of aryl methyl sites for hydroxylation is 1. The molecule has 0 atom stereocenters. The maximum atomic E-state index is 13.0. The minimum absolute atomic E-state index is 0.179. The zero-order valence-electron chi connectivity index (χ0n) is 15.7. The van der Waals surface area contributed by atoms with Crippen molar-refractivity contribution in [1.29, 1.82) is 0 Å². The van der Waals surface area contributed by atoms with Gasteiger partial charge >= 0.3 is 0 Å². The molecule has 0 heterocycles. The highest BCUT2D eigenvalue weighted by atomic mass is 127. The van der Waals surface area contributed by atoms with Crippen molar-refractivity contribution in [3.05, 3.63) is 51.6 Å². The molecule has 5 nitrogen and oxygen atoms in total. The normalized spacial score (nSPS) is 15.1. The highest BCUT2D eigenvalue weighted by Crippen LogP contribution is 2.26. The molecule has 150 valence electrons. The second-order valence-electron chi connectivity index (χ2n) is 7.05. The Hall–Kier alpha value is -1.39. The predicted octanol–water partition coefficient (Wildman–Crippen LogP) is 5.02. The van der Waals surface area contributed by atoms with Gasteiger partial charge in [0.2, 0.25) is 0 Å². The molecule has 0 aliphatic heterocycles. The smallest absolute Gasteiger partial charge is 0.263 e. The Morgan fingerprint density at radius 3 is 2.43 bits per heavy atom. The second-order valence-corrected chi connectivity index (χ2v) is 10.4. The molecule has 0 amide bonds. The van der Waals surface area contributed by atoms with Crippen molar-refractivity contribution in [1.82, 2.24) is 5.32 Å². The van der Waals surface area contributed by atoms with E-state index >= 15 is 0 Å². The Morgan fingerprint density at radius 1 is 1.07 bits per heavy atom. The van der Waals surface area contributed by atoms with E-state index in [0.717, 1.165) is 22.0 Å². The Bertz CT molecular complexity index is 940. The van der Waals surface area contributed by atoms with Gasteiger partial charge in [-0.15, -0.1) is 0 Å². The van der Waals surface area contributed by atoms with Crippen LogP contribution in [0.1, 0.15) is 37.7 Å². The molecule has 1 saturated carbocycles. The third-order valence-electron chi connectivity index (χ3n) is 4.71. The van der Waals surface area contributed by atoms with Crippen molar-refractivity contribution >= 4 is 61.3 Å².